The maximum absolute atomic E-state index is 12.5. The number of methoxy groups -OCH3 is 2. The van der Waals surface area contributed by atoms with Crippen molar-refractivity contribution in [2.75, 3.05) is 19.5 Å². The number of ether oxygens (including phenoxy) is 2. The lowest BCUT2D eigenvalue weighted by atomic mass is 10.0. The minimum absolute atomic E-state index is 0.147. The number of carbonyl (C=O) groups excluding carboxylic acids is 1. The van der Waals surface area contributed by atoms with Gasteiger partial charge in [-0.25, -0.2) is 0 Å². The molecular weight excluding hydrogens is 338 g/mol. The third-order valence-corrected chi connectivity index (χ3v) is 5.14. The van der Waals surface area contributed by atoms with Crippen LogP contribution in [0.25, 0.3) is 16.6 Å². The molecule has 0 fully saturated rings. The van der Waals surface area contributed by atoms with Gasteiger partial charge in [0, 0.05) is 22.3 Å². The molecule has 1 aromatic carbocycles. The molecule has 0 aliphatic carbocycles. The third-order valence-electron chi connectivity index (χ3n) is 4.24. The van der Waals surface area contributed by atoms with E-state index < -0.39 is 0 Å². The van der Waals surface area contributed by atoms with Gasteiger partial charge in [-0.05, 0) is 37.6 Å². The Morgan fingerprint density at radius 1 is 1.24 bits per heavy atom. The average Bonchev–Trinajstić information content (AvgIpc) is 3.18. The van der Waals surface area contributed by atoms with Gasteiger partial charge in [0.1, 0.15) is 11.4 Å². The Hall–Kier alpha value is -2.80. The Balaban J connectivity index is 1.93. The summed E-state index contributed by atoms with van der Waals surface area (Å²) >= 11 is 1.58. The summed E-state index contributed by atoms with van der Waals surface area (Å²) in [5, 5.41) is 2.91. The highest BCUT2D eigenvalue weighted by atomic mass is 32.1. The number of thiazole rings is 1. The van der Waals surface area contributed by atoms with Crippen molar-refractivity contribution >= 4 is 39.5 Å². The molecule has 0 atom stereocenters. The maximum atomic E-state index is 12.5. The molecule has 0 bridgehead atoms. The zero-order chi connectivity index (χ0) is 17.7. The molecule has 1 amide bonds. The van der Waals surface area contributed by atoms with Crippen LogP contribution in [0.2, 0.25) is 0 Å². The molecule has 128 valence electrons. The van der Waals surface area contributed by atoms with Crippen LogP contribution in [-0.4, -0.2) is 29.5 Å². The summed E-state index contributed by atoms with van der Waals surface area (Å²) in [5.41, 5.74) is 3.89. The number of benzene rings is 1. The Morgan fingerprint density at radius 2 is 2.04 bits per heavy atom. The second-order valence-electron chi connectivity index (χ2n) is 5.88. The molecule has 4 rings (SSSR count). The third kappa shape index (κ3) is 2.39. The molecule has 6 nitrogen and oxygen atoms in total. The molecule has 0 saturated heterocycles. The molecule has 0 saturated carbocycles. The van der Waals surface area contributed by atoms with Gasteiger partial charge in [-0.15, -0.1) is 11.3 Å². The molecule has 0 unspecified atom stereocenters. The quantitative estimate of drug-likeness (QED) is 0.730. The van der Waals surface area contributed by atoms with Gasteiger partial charge in [-0.3, -0.25) is 9.20 Å². The van der Waals surface area contributed by atoms with Crippen LogP contribution in [0.3, 0.4) is 0 Å². The molecule has 3 aromatic rings. The highest BCUT2D eigenvalue weighted by molar-refractivity contribution is 7.17. The Bertz CT molecular complexity index is 1050. The maximum Gasteiger partial charge on any atom is 0.256 e. The Morgan fingerprint density at radius 3 is 2.76 bits per heavy atom. The lowest BCUT2D eigenvalue weighted by Crippen LogP contribution is -2.04. The minimum Gasteiger partial charge on any atom is -0.496 e. The first kappa shape index (κ1) is 15.7. The monoisotopic (exact) mass is 355 g/mol. The van der Waals surface area contributed by atoms with Gasteiger partial charge < -0.3 is 14.8 Å². The molecule has 0 radical (unpaired) electrons. The van der Waals surface area contributed by atoms with E-state index in [0.29, 0.717) is 11.5 Å². The fourth-order valence-electron chi connectivity index (χ4n) is 3.06. The van der Waals surface area contributed by atoms with Gasteiger partial charge >= 0.3 is 0 Å². The van der Waals surface area contributed by atoms with Crippen molar-refractivity contribution in [3.05, 3.63) is 40.0 Å². The van der Waals surface area contributed by atoms with Crippen LogP contribution in [-0.2, 0) is 4.79 Å². The standard InChI is InChI=1S/C18H17N3O3S/c1-9-5-13-11(7-15(9)23-3)12(16(22)19-13)6-14-17(24-4)20-18-21(14)8-10(2)25-18/h5-8H,1-4H3,(H,19,22)/b12-6+. The van der Waals surface area contributed by atoms with Gasteiger partial charge in [0.25, 0.3) is 5.91 Å². The Kier molecular flexibility index (Phi) is 3.54. The molecule has 25 heavy (non-hydrogen) atoms. The first-order valence-electron chi connectivity index (χ1n) is 7.76. The van der Waals surface area contributed by atoms with Crippen LogP contribution < -0.4 is 14.8 Å². The molecule has 2 aromatic heterocycles. The van der Waals surface area contributed by atoms with E-state index in [-0.39, 0.29) is 5.91 Å². The summed E-state index contributed by atoms with van der Waals surface area (Å²) in [6.07, 6.45) is 3.81. The normalized spacial score (nSPS) is 14.9. The van der Waals surface area contributed by atoms with Crippen molar-refractivity contribution in [3.63, 3.8) is 0 Å². The zero-order valence-corrected chi connectivity index (χ0v) is 15.2. The molecule has 1 aliphatic rings. The first-order valence-corrected chi connectivity index (χ1v) is 8.58. The van der Waals surface area contributed by atoms with E-state index in [1.54, 1.807) is 25.6 Å². The predicted molar refractivity (Wildman–Crippen MR) is 98.6 cm³/mol. The van der Waals surface area contributed by atoms with Crippen molar-refractivity contribution < 1.29 is 14.3 Å². The molecule has 7 heteroatoms. The van der Waals surface area contributed by atoms with E-state index in [1.807, 2.05) is 42.7 Å². The summed E-state index contributed by atoms with van der Waals surface area (Å²) in [5.74, 6) is 1.10. The number of nitrogens with one attached hydrogen (secondary N) is 1. The van der Waals surface area contributed by atoms with Gasteiger partial charge in [0.05, 0.1) is 19.8 Å². The van der Waals surface area contributed by atoms with Crippen molar-refractivity contribution in [1.82, 2.24) is 9.38 Å². The van der Waals surface area contributed by atoms with Crippen LogP contribution in [0.4, 0.5) is 5.69 Å². The largest absolute Gasteiger partial charge is 0.496 e. The lowest BCUT2D eigenvalue weighted by Gasteiger charge is -2.07. The number of aromatic nitrogens is 2. The number of nitrogens with zero attached hydrogens (tertiary/aromatic N) is 2. The second-order valence-corrected chi connectivity index (χ2v) is 7.09. The van der Waals surface area contributed by atoms with Gasteiger partial charge in [0.15, 0.2) is 4.96 Å². The molecule has 3 heterocycles. The predicted octanol–water partition coefficient (Wildman–Crippen LogP) is 3.52. The number of rotatable bonds is 3. The SMILES string of the molecule is COc1cc2c(cc1C)NC(=O)/C2=C/c1c(OC)nc2sc(C)cn12. The van der Waals surface area contributed by atoms with Crippen molar-refractivity contribution in [2.45, 2.75) is 13.8 Å². The van der Waals surface area contributed by atoms with Gasteiger partial charge in [-0.1, -0.05) is 0 Å². The molecule has 0 spiro atoms. The number of carbonyl (C=O) groups is 1. The summed E-state index contributed by atoms with van der Waals surface area (Å²) in [6.45, 7) is 3.97. The summed E-state index contributed by atoms with van der Waals surface area (Å²) < 4.78 is 12.7. The number of anilines is 1. The van der Waals surface area contributed by atoms with E-state index >= 15 is 0 Å². The fraction of sp³-hybridized carbons (Fsp3) is 0.222. The number of imidazole rings is 1. The van der Waals surface area contributed by atoms with Gasteiger partial charge in [-0.2, -0.15) is 4.98 Å². The van der Waals surface area contributed by atoms with E-state index in [2.05, 4.69) is 10.3 Å². The zero-order valence-electron chi connectivity index (χ0n) is 14.3. The number of hydrogen-bond donors (Lipinski definition) is 1. The number of amides is 1. The highest BCUT2D eigenvalue weighted by Crippen LogP contribution is 2.39. The average molecular weight is 355 g/mol. The first-order chi connectivity index (χ1) is 12.0. The van der Waals surface area contributed by atoms with Crippen molar-refractivity contribution in [3.8, 4) is 11.6 Å². The Labute approximate surface area is 148 Å². The summed E-state index contributed by atoms with van der Waals surface area (Å²) in [6, 6.07) is 3.81. The number of aryl methyl sites for hydroxylation is 2. The van der Waals surface area contributed by atoms with E-state index in [9.17, 15) is 4.79 Å². The van der Waals surface area contributed by atoms with Crippen LogP contribution in [0.15, 0.2) is 18.3 Å². The van der Waals surface area contributed by atoms with E-state index in [0.717, 1.165) is 38.1 Å². The van der Waals surface area contributed by atoms with Crippen LogP contribution in [0.1, 0.15) is 21.7 Å². The smallest absolute Gasteiger partial charge is 0.256 e. The second kappa shape index (κ2) is 5.63. The molecule has 1 N–H and O–H groups in total. The van der Waals surface area contributed by atoms with Crippen LogP contribution >= 0.6 is 11.3 Å². The van der Waals surface area contributed by atoms with Crippen molar-refractivity contribution in [2.24, 2.45) is 0 Å². The molecule has 1 aliphatic heterocycles. The summed E-state index contributed by atoms with van der Waals surface area (Å²) in [4.78, 5) is 19.0. The van der Waals surface area contributed by atoms with E-state index in [4.69, 9.17) is 9.47 Å². The number of fused-ring (bicyclic) bond motifs is 2. The highest BCUT2D eigenvalue weighted by Gasteiger charge is 2.27. The van der Waals surface area contributed by atoms with Crippen LogP contribution in [0, 0.1) is 13.8 Å². The van der Waals surface area contributed by atoms with Gasteiger partial charge in [0.2, 0.25) is 5.88 Å². The lowest BCUT2D eigenvalue weighted by molar-refractivity contribution is -0.110. The van der Waals surface area contributed by atoms with Crippen molar-refractivity contribution in [1.29, 1.82) is 0 Å². The van der Waals surface area contributed by atoms with Crippen LogP contribution in [0.5, 0.6) is 11.6 Å². The minimum atomic E-state index is -0.147. The fourth-order valence-corrected chi connectivity index (χ4v) is 3.88. The van der Waals surface area contributed by atoms with E-state index in [1.165, 1.54) is 0 Å². The number of hydrogen-bond acceptors (Lipinski definition) is 5. The summed E-state index contributed by atoms with van der Waals surface area (Å²) in [7, 11) is 3.20. The topological polar surface area (TPSA) is 64.9 Å². The molecular formula is C18H17N3O3S.